The molecular formula is C16H22N4O6. The first-order chi connectivity index (χ1) is 12.2. The number of nitrogens with one attached hydrogen (secondary N) is 2. The number of carbonyl (C=O) groups excluding carboxylic acids is 3. The Balaban J connectivity index is 2.76. The molecule has 0 aliphatic heterocycles. The highest BCUT2D eigenvalue weighted by Gasteiger charge is 2.28. The van der Waals surface area contributed by atoms with E-state index in [1.807, 2.05) is 11.4 Å². The van der Waals surface area contributed by atoms with Gasteiger partial charge in [-0.05, 0) is 12.0 Å². The van der Waals surface area contributed by atoms with Gasteiger partial charge >= 0.3 is 5.97 Å². The highest BCUT2D eigenvalue weighted by molar-refractivity contribution is 5.94. The van der Waals surface area contributed by atoms with Gasteiger partial charge in [0.05, 0.1) is 19.1 Å². The summed E-state index contributed by atoms with van der Waals surface area (Å²) in [6, 6.07) is 4.95. The molecule has 3 amide bonds. The van der Waals surface area contributed by atoms with Gasteiger partial charge < -0.3 is 32.3 Å². The molecule has 0 radical (unpaired) electrons. The van der Waals surface area contributed by atoms with Gasteiger partial charge in [-0.3, -0.25) is 14.4 Å². The molecule has 0 aliphatic carbocycles. The van der Waals surface area contributed by atoms with Gasteiger partial charge in [-0.2, -0.15) is 0 Å². The number of carboxylic acid groups (broad SMARTS) is 1. The standard InChI is InChI=1S/C16H22N4O6/c17-10(6-9-4-2-1-3-5-9)14(23)19-11(7-13(18)22)15(24)20-12(8-21)16(25)26/h1-5,10-12,21H,6-8,17H2,(H2,18,22)(H,19,23)(H,20,24)(H,25,26). The number of amides is 3. The molecule has 0 bridgehead atoms. The van der Waals surface area contributed by atoms with Gasteiger partial charge in [-0.15, -0.1) is 0 Å². The van der Waals surface area contributed by atoms with Crippen LogP contribution in [0.1, 0.15) is 12.0 Å². The van der Waals surface area contributed by atoms with Crippen molar-refractivity contribution in [3.8, 4) is 0 Å². The third kappa shape index (κ3) is 6.87. The fourth-order valence-corrected chi connectivity index (χ4v) is 2.11. The Bertz CT molecular complexity index is 651. The quantitative estimate of drug-likeness (QED) is 0.264. The Hall–Kier alpha value is -2.98. The van der Waals surface area contributed by atoms with E-state index in [0.29, 0.717) is 0 Å². The predicted octanol–water partition coefficient (Wildman–Crippen LogP) is -2.52. The third-order valence-corrected chi connectivity index (χ3v) is 3.47. The summed E-state index contributed by atoms with van der Waals surface area (Å²) in [6.45, 7) is -0.855. The van der Waals surface area contributed by atoms with E-state index in [1.165, 1.54) is 0 Å². The van der Waals surface area contributed by atoms with Crippen molar-refractivity contribution in [1.29, 1.82) is 0 Å². The van der Waals surface area contributed by atoms with Crippen LogP contribution in [0.2, 0.25) is 0 Å². The summed E-state index contributed by atoms with van der Waals surface area (Å²) in [5.41, 5.74) is 11.7. The number of aliphatic hydroxyl groups is 1. The van der Waals surface area contributed by atoms with Gasteiger partial charge in [0.1, 0.15) is 12.1 Å². The van der Waals surface area contributed by atoms with Gasteiger partial charge in [0.15, 0.2) is 0 Å². The van der Waals surface area contributed by atoms with E-state index < -0.39 is 54.8 Å². The van der Waals surface area contributed by atoms with Crippen molar-refractivity contribution >= 4 is 23.7 Å². The second-order valence-electron chi connectivity index (χ2n) is 5.61. The van der Waals surface area contributed by atoms with Gasteiger partial charge in [0.2, 0.25) is 17.7 Å². The molecule has 26 heavy (non-hydrogen) atoms. The van der Waals surface area contributed by atoms with Crippen LogP contribution in [0.3, 0.4) is 0 Å². The Morgan fingerprint density at radius 2 is 1.58 bits per heavy atom. The molecule has 142 valence electrons. The first kappa shape index (κ1) is 21.1. The van der Waals surface area contributed by atoms with E-state index in [1.54, 1.807) is 24.3 Å². The van der Waals surface area contributed by atoms with Gasteiger partial charge in [0.25, 0.3) is 0 Å². The second kappa shape index (κ2) is 10.1. The Morgan fingerprint density at radius 1 is 1.00 bits per heavy atom. The summed E-state index contributed by atoms with van der Waals surface area (Å²) in [5, 5.41) is 22.1. The monoisotopic (exact) mass is 366 g/mol. The molecule has 3 atom stereocenters. The average Bonchev–Trinajstić information content (AvgIpc) is 2.58. The summed E-state index contributed by atoms with van der Waals surface area (Å²) >= 11 is 0. The molecule has 0 saturated carbocycles. The number of nitrogens with two attached hydrogens (primary N) is 2. The summed E-state index contributed by atoms with van der Waals surface area (Å²) in [4.78, 5) is 46.3. The zero-order valence-electron chi connectivity index (χ0n) is 13.9. The average molecular weight is 366 g/mol. The molecule has 0 heterocycles. The molecule has 0 spiro atoms. The van der Waals surface area contributed by atoms with Crippen LogP contribution in [-0.4, -0.2) is 58.6 Å². The van der Waals surface area contributed by atoms with Crippen LogP contribution in [0.4, 0.5) is 0 Å². The highest BCUT2D eigenvalue weighted by atomic mass is 16.4. The van der Waals surface area contributed by atoms with Crippen LogP contribution in [0.15, 0.2) is 30.3 Å². The minimum absolute atomic E-state index is 0.200. The predicted molar refractivity (Wildman–Crippen MR) is 90.5 cm³/mol. The van der Waals surface area contributed by atoms with Crippen molar-refractivity contribution in [2.45, 2.75) is 31.0 Å². The second-order valence-corrected chi connectivity index (χ2v) is 5.61. The van der Waals surface area contributed by atoms with Crippen molar-refractivity contribution in [3.63, 3.8) is 0 Å². The number of carboxylic acids is 1. The molecule has 1 rings (SSSR count). The topological polar surface area (TPSA) is 185 Å². The van der Waals surface area contributed by atoms with E-state index in [4.69, 9.17) is 21.7 Å². The maximum atomic E-state index is 12.2. The zero-order chi connectivity index (χ0) is 19.7. The smallest absolute Gasteiger partial charge is 0.328 e. The number of rotatable bonds is 10. The van der Waals surface area contributed by atoms with Gasteiger partial charge in [-0.1, -0.05) is 30.3 Å². The van der Waals surface area contributed by atoms with Crippen molar-refractivity contribution in [2.24, 2.45) is 11.5 Å². The number of hydrogen-bond donors (Lipinski definition) is 6. The molecule has 0 aliphatic rings. The molecule has 10 heteroatoms. The van der Waals surface area contributed by atoms with E-state index >= 15 is 0 Å². The molecule has 10 nitrogen and oxygen atoms in total. The Kier molecular flexibility index (Phi) is 8.19. The molecular weight excluding hydrogens is 344 g/mol. The summed E-state index contributed by atoms with van der Waals surface area (Å²) in [6.07, 6.45) is -0.348. The van der Waals surface area contributed by atoms with Crippen LogP contribution in [0.25, 0.3) is 0 Å². The summed E-state index contributed by atoms with van der Waals surface area (Å²) < 4.78 is 0. The molecule has 3 unspecified atom stereocenters. The first-order valence-electron chi connectivity index (χ1n) is 7.76. The molecule has 1 aromatic rings. The van der Waals surface area contributed by atoms with Crippen LogP contribution < -0.4 is 22.1 Å². The largest absolute Gasteiger partial charge is 0.480 e. The van der Waals surface area contributed by atoms with Gasteiger partial charge in [-0.25, -0.2) is 4.79 Å². The van der Waals surface area contributed by atoms with Crippen molar-refractivity contribution in [1.82, 2.24) is 10.6 Å². The van der Waals surface area contributed by atoms with E-state index in [-0.39, 0.29) is 6.42 Å². The molecule has 0 aromatic heterocycles. The summed E-state index contributed by atoms with van der Waals surface area (Å²) in [7, 11) is 0. The Labute approximate surface area is 149 Å². The molecule has 8 N–H and O–H groups in total. The van der Waals surface area contributed by atoms with E-state index in [0.717, 1.165) is 5.56 Å². The number of primary amides is 1. The lowest BCUT2D eigenvalue weighted by Crippen LogP contribution is -2.56. The number of benzene rings is 1. The van der Waals surface area contributed by atoms with Crippen LogP contribution in [0.5, 0.6) is 0 Å². The number of carbonyl (C=O) groups is 4. The van der Waals surface area contributed by atoms with E-state index in [2.05, 4.69) is 5.32 Å². The molecule has 0 saturated heterocycles. The molecule has 0 fully saturated rings. The molecule has 1 aromatic carbocycles. The zero-order valence-corrected chi connectivity index (χ0v) is 13.9. The lowest BCUT2D eigenvalue weighted by Gasteiger charge is -2.21. The van der Waals surface area contributed by atoms with Gasteiger partial charge in [0, 0.05) is 0 Å². The SMILES string of the molecule is NC(=O)CC(NC(=O)C(N)Cc1ccccc1)C(=O)NC(CO)C(=O)O. The Morgan fingerprint density at radius 3 is 2.08 bits per heavy atom. The maximum absolute atomic E-state index is 12.2. The van der Waals surface area contributed by atoms with Crippen LogP contribution in [-0.2, 0) is 25.6 Å². The van der Waals surface area contributed by atoms with Crippen molar-refractivity contribution < 1.29 is 29.4 Å². The number of hydrogen-bond acceptors (Lipinski definition) is 6. The fourth-order valence-electron chi connectivity index (χ4n) is 2.11. The summed E-state index contributed by atoms with van der Waals surface area (Å²) in [5.74, 6) is -4.01. The van der Waals surface area contributed by atoms with Crippen molar-refractivity contribution in [3.05, 3.63) is 35.9 Å². The number of aliphatic carboxylic acids is 1. The normalized spacial score (nSPS) is 13.9. The third-order valence-electron chi connectivity index (χ3n) is 3.47. The minimum Gasteiger partial charge on any atom is -0.480 e. The maximum Gasteiger partial charge on any atom is 0.328 e. The van der Waals surface area contributed by atoms with Crippen molar-refractivity contribution in [2.75, 3.05) is 6.61 Å². The first-order valence-corrected chi connectivity index (χ1v) is 7.76. The minimum atomic E-state index is -1.58. The fraction of sp³-hybridized carbons (Fsp3) is 0.375. The van der Waals surface area contributed by atoms with Crippen LogP contribution in [0, 0.1) is 0 Å². The lowest BCUT2D eigenvalue weighted by atomic mass is 10.1. The highest BCUT2D eigenvalue weighted by Crippen LogP contribution is 2.03. The van der Waals surface area contributed by atoms with E-state index in [9.17, 15) is 19.2 Å². The lowest BCUT2D eigenvalue weighted by molar-refractivity contribution is -0.143. The number of aliphatic hydroxyl groups excluding tert-OH is 1. The van der Waals surface area contributed by atoms with Crippen LogP contribution >= 0.6 is 0 Å².